The molecule has 0 aliphatic carbocycles. The number of hydrogen-bond acceptors (Lipinski definition) is 2. The van der Waals surface area contributed by atoms with Gasteiger partial charge in [0.25, 0.3) is 0 Å². The average Bonchev–Trinajstić information content (AvgIpc) is 2.58. The molecule has 1 heterocycles. The average molecular weight is 271 g/mol. The number of rotatable bonds is 1. The van der Waals surface area contributed by atoms with Crippen LogP contribution in [0.1, 0.15) is 24.2 Å². The molecule has 0 N–H and O–H groups in total. The minimum absolute atomic E-state index is 0.0379. The minimum Gasteiger partial charge on any atom is -0.342 e. The molecule has 0 spiro atoms. The summed E-state index contributed by atoms with van der Waals surface area (Å²) < 4.78 is 26.9. The number of hydrogen-bond donors (Lipinski definition) is 0. The highest BCUT2D eigenvalue weighted by Gasteiger charge is 2.22. The maximum atomic E-state index is 13.7. The van der Waals surface area contributed by atoms with Crippen LogP contribution in [-0.2, 0) is 4.79 Å². The highest BCUT2D eigenvalue weighted by atomic mass is 32.2. The first kappa shape index (κ1) is 13.3. The predicted octanol–water partition coefficient (Wildman–Crippen LogP) is 2.99. The molecule has 0 saturated carbocycles. The molecule has 1 amide bonds. The molecule has 1 fully saturated rings. The lowest BCUT2D eigenvalue weighted by molar-refractivity contribution is -0.128. The largest absolute Gasteiger partial charge is 0.342 e. The second kappa shape index (κ2) is 5.69. The maximum absolute atomic E-state index is 13.7. The Hall–Kier alpha value is -1.10. The van der Waals surface area contributed by atoms with Gasteiger partial charge in [-0.2, -0.15) is 11.8 Å². The van der Waals surface area contributed by atoms with Gasteiger partial charge >= 0.3 is 0 Å². The quantitative estimate of drug-likeness (QED) is 0.782. The van der Waals surface area contributed by atoms with Gasteiger partial charge in [0.1, 0.15) is 11.6 Å². The topological polar surface area (TPSA) is 20.3 Å². The van der Waals surface area contributed by atoms with Gasteiger partial charge < -0.3 is 4.90 Å². The summed E-state index contributed by atoms with van der Waals surface area (Å²) in [6, 6.07) is 3.55. The zero-order valence-corrected chi connectivity index (χ0v) is 11.0. The van der Waals surface area contributed by atoms with Crippen molar-refractivity contribution in [3.63, 3.8) is 0 Å². The van der Waals surface area contributed by atoms with Crippen LogP contribution in [0, 0.1) is 11.6 Å². The Balaban J connectivity index is 2.14. The summed E-state index contributed by atoms with van der Waals surface area (Å²) in [5.41, 5.74) is 0.408. The second-order valence-electron chi connectivity index (χ2n) is 4.32. The van der Waals surface area contributed by atoms with E-state index in [0.717, 1.165) is 11.8 Å². The molecule has 2 rings (SSSR count). The molecule has 0 radical (unpaired) electrons. The van der Waals surface area contributed by atoms with Crippen LogP contribution < -0.4 is 0 Å². The zero-order valence-electron chi connectivity index (χ0n) is 10.2. The van der Waals surface area contributed by atoms with Crippen molar-refractivity contribution >= 4 is 17.7 Å². The van der Waals surface area contributed by atoms with Crippen molar-refractivity contribution in [3.05, 3.63) is 35.4 Å². The van der Waals surface area contributed by atoms with Gasteiger partial charge in [0.2, 0.25) is 5.91 Å². The van der Waals surface area contributed by atoms with Crippen molar-refractivity contribution in [2.75, 3.05) is 18.8 Å². The van der Waals surface area contributed by atoms with E-state index < -0.39 is 5.82 Å². The van der Waals surface area contributed by atoms with Crippen LogP contribution in [0.3, 0.4) is 0 Å². The van der Waals surface area contributed by atoms with Crippen LogP contribution in [0.4, 0.5) is 8.78 Å². The third kappa shape index (κ3) is 3.02. The van der Waals surface area contributed by atoms with Crippen LogP contribution in [0.5, 0.6) is 0 Å². The van der Waals surface area contributed by atoms with E-state index in [1.165, 1.54) is 19.1 Å². The Bertz CT molecular complexity index is 453. The Kier molecular flexibility index (Phi) is 4.22. The predicted molar refractivity (Wildman–Crippen MR) is 68.4 cm³/mol. The highest BCUT2D eigenvalue weighted by Crippen LogP contribution is 2.35. The highest BCUT2D eigenvalue weighted by molar-refractivity contribution is 7.99. The van der Waals surface area contributed by atoms with E-state index in [9.17, 15) is 13.6 Å². The van der Waals surface area contributed by atoms with Crippen LogP contribution in [0.15, 0.2) is 18.2 Å². The van der Waals surface area contributed by atoms with Gasteiger partial charge in [-0.15, -0.1) is 0 Å². The fourth-order valence-electron chi connectivity index (χ4n) is 2.09. The minimum atomic E-state index is -0.417. The number of carbonyl (C=O) groups is 1. The molecule has 5 heteroatoms. The lowest BCUT2D eigenvalue weighted by Crippen LogP contribution is -2.30. The molecule has 0 unspecified atom stereocenters. The molecule has 1 aromatic carbocycles. The molecule has 1 saturated heterocycles. The summed E-state index contributed by atoms with van der Waals surface area (Å²) in [6.07, 6.45) is 0.657. The van der Waals surface area contributed by atoms with Crippen molar-refractivity contribution in [2.24, 2.45) is 0 Å². The molecule has 98 valence electrons. The van der Waals surface area contributed by atoms with Crippen LogP contribution >= 0.6 is 11.8 Å². The number of nitrogens with zero attached hydrogens (tertiary/aromatic N) is 1. The fraction of sp³-hybridized carbons (Fsp3) is 0.462. The Morgan fingerprint density at radius 1 is 1.39 bits per heavy atom. The van der Waals surface area contributed by atoms with E-state index in [-0.39, 0.29) is 17.0 Å². The lowest BCUT2D eigenvalue weighted by atomic mass is 10.1. The van der Waals surface area contributed by atoms with Gasteiger partial charge in [0, 0.05) is 36.6 Å². The van der Waals surface area contributed by atoms with Crippen molar-refractivity contribution in [1.29, 1.82) is 0 Å². The van der Waals surface area contributed by atoms with Crippen LogP contribution in [-0.4, -0.2) is 29.6 Å². The van der Waals surface area contributed by atoms with Crippen molar-refractivity contribution < 1.29 is 13.6 Å². The van der Waals surface area contributed by atoms with E-state index >= 15 is 0 Å². The van der Waals surface area contributed by atoms with E-state index in [0.29, 0.717) is 25.1 Å². The summed E-state index contributed by atoms with van der Waals surface area (Å²) >= 11 is 1.58. The molecule has 18 heavy (non-hydrogen) atoms. The Morgan fingerprint density at radius 2 is 2.17 bits per heavy atom. The lowest BCUT2D eigenvalue weighted by Gasteiger charge is -2.18. The summed E-state index contributed by atoms with van der Waals surface area (Å²) in [5.74, 6) is 0.000949. The number of amides is 1. The first-order valence-corrected chi connectivity index (χ1v) is 6.95. The molecule has 0 aromatic heterocycles. The fourth-order valence-corrected chi connectivity index (χ4v) is 3.34. The van der Waals surface area contributed by atoms with E-state index in [1.54, 1.807) is 16.7 Å². The second-order valence-corrected chi connectivity index (χ2v) is 5.63. The zero-order chi connectivity index (χ0) is 13.1. The van der Waals surface area contributed by atoms with Gasteiger partial charge in [0.05, 0.1) is 0 Å². The van der Waals surface area contributed by atoms with Gasteiger partial charge in [-0.3, -0.25) is 4.79 Å². The van der Waals surface area contributed by atoms with E-state index in [4.69, 9.17) is 0 Å². The Morgan fingerprint density at radius 3 is 2.89 bits per heavy atom. The standard InChI is InChI=1S/C13H15F2NOS/c1-9(17)16-5-4-13(18-7-6-16)11-8-10(14)2-3-12(11)15/h2-3,8,13H,4-7H2,1H3/t13-/m0/s1. The SMILES string of the molecule is CC(=O)N1CCS[C@H](c2cc(F)ccc2F)CC1. The van der Waals surface area contributed by atoms with Gasteiger partial charge in [-0.25, -0.2) is 8.78 Å². The maximum Gasteiger partial charge on any atom is 0.219 e. The summed E-state index contributed by atoms with van der Waals surface area (Å²) in [5, 5.41) is -0.0787. The van der Waals surface area contributed by atoms with Gasteiger partial charge in [-0.05, 0) is 24.6 Å². The Labute approximate surface area is 109 Å². The third-order valence-corrected chi connectivity index (χ3v) is 4.40. The number of thioether (sulfide) groups is 1. The molecule has 1 aliphatic heterocycles. The van der Waals surface area contributed by atoms with Crippen LogP contribution in [0.25, 0.3) is 0 Å². The molecule has 1 atom stereocenters. The van der Waals surface area contributed by atoms with Gasteiger partial charge in [-0.1, -0.05) is 0 Å². The van der Waals surface area contributed by atoms with Crippen molar-refractivity contribution in [3.8, 4) is 0 Å². The third-order valence-electron chi connectivity index (χ3n) is 3.09. The molecule has 1 aliphatic rings. The van der Waals surface area contributed by atoms with Crippen molar-refractivity contribution in [2.45, 2.75) is 18.6 Å². The van der Waals surface area contributed by atoms with E-state index in [2.05, 4.69) is 0 Å². The number of halogens is 2. The molecule has 0 bridgehead atoms. The summed E-state index contributed by atoms with van der Waals surface area (Å²) in [6.45, 7) is 2.81. The smallest absolute Gasteiger partial charge is 0.219 e. The van der Waals surface area contributed by atoms with Crippen molar-refractivity contribution in [1.82, 2.24) is 4.90 Å². The normalized spacial score (nSPS) is 20.6. The summed E-state index contributed by atoms with van der Waals surface area (Å²) in [7, 11) is 0. The van der Waals surface area contributed by atoms with Crippen LogP contribution in [0.2, 0.25) is 0 Å². The van der Waals surface area contributed by atoms with E-state index in [1.807, 2.05) is 0 Å². The van der Waals surface area contributed by atoms with Gasteiger partial charge in [0.15, 0.2) is 0 Å². The summed E-state index contributed by atoms with van der Waals surface area (Å²) in [4.78, 5) is 13.1. The number of benzene rings is 1. The first-order chi connectivity index (χ1) is 8.58. The molecule has 1 aromatic rings. The molecule has 2 nitrogen and oxygen atoms in total. The molecular weight excluding hydrogens is 256 g/mol. The monoisotopic (exact) mass is 271 g/mol. The molecular formula is C13H15F2NOS. The first-order valence-electron chi connectivity index (χ1n) is 5.90. The number of carbonyl (C=O) groups excluding carboxylic acids is 1.